The predicted octanol–water partition coefficient (Wildman–Crippen LogP) is 2.79. The van der Waals surface area contributed by atoms with Crippen LogP contribution in [0.4, 0.5) is 23.7 Å². The summed E-state index contributed by atoms with van der Waals surface area (Å²) in [7, 11) is 0. The van der Waals surface area contributed by atoms with Gasteiger partial charge in [-0.05, 0) is 31.9 Å². The van der Waals surface area contributed by atoms with Crippen LogP contribution in [0.15, 0.2) is 24.3 Å². The number of anilines is 1. The van der Waals surface area contributed by atoms with E-state index in [1.54, 1.807) is 18.3 Å². The molecule has 1 fully saturated rings. The molecule has 3 amide bonds. The zero-order chi connectivity index (χ0) is 20.7. The van der Waals surface area contributed by atoms with Gasteiger partial charge >= 0.3 is 12.3 Å². The van der Waals surface area contributed by atoms with Crippen molar-refractivity contribution in [3.8, 4) is 0 Å². The van der Waals surface area contributed by atoms with Crippen LogP contribution in [0, 0.1) is 5.92 Å². The Bertz CT molecular complexity index is 716. The molecule has 1 heterocycles. The number of hydrogen-bond donors (Lipinski definition) is 2. The zero-order valence-corrected chi connectivity index (χ0v) is 15.3. The number of ether oxygens (including phenoxy) is 1. The average molecular weight is 401 g/mol. The van der Waals surface area contributed by atoms with Crippen molar-refractivity contribution in [3.05, 3.63) is 29.8 Å². The van der Waals surface area contributed by atoms with Crippen molar-refractivity contribution in [2.75, 3.05) is 31.6 Å². The Labute approximate surface area is 160 Å². The lowest BCUT2D eigenvalue weighted by Gasteiger charge is -2.30. The molecule has 1 aliphatic rings. The molecule has 0 radical (unpaired) electrons. The second-order valence-electron chi connectivity index (χ2n) is 6.29. The highest BCUT2D eigenvalue weighted by atomic mass is 19.4. The first-order chi connectivity index (χ1) is 13.2. The van der Waals surface area contributed by atoms with Crippen molar-refractivity contribution < 1.29 is 32.3 Å². The van der Waals surface area contributed by atoms with E-state index in [9.17, 15) is 27.6 Å². The lowest BCUT2D eigenvalue weighted by Crippen LogP contribution is -2.41. The molecule has 0 aliphatic carbocycles. The van der Waals surface area contributed by atoms with Gasteiger partial charge in [0.05, 0.1) is 17.9 Å². The molecule has 1 aliphatic heterocycles. The summed E-state index contributed by atoms with van der Waals surface area (Å²) >= 11 is 0. The summed E-state index contributed by atoms with van der Waals surface area (Å²) in [5, 5.41) is 4.40. The molecule has 28 heavy (non-hydrogen) atoms. The van der Waals surface area contributed by atoms with E-state index in [0.717, 1.165) is 0 Å². The topological polar surface area (TPSA) is 87.7 Å². The highest BCUT2D eigenvalue weighted by Crippen LogP contribution is 2.22. The van der Waals surface area contributed by atoms with Crippen molar-refractivity contribution >= 4 is 23.6 Å². The Hall–Kier alpha value is -2.78. The molecule has 0 aromatic heterocycles. The normalized spacial score (nSPS) is 15.1. The summed E-state index contributed by atoms with van der Waals surface area (Å²) in [6, 6.07) is 5.86. The van der Waals surface area contributed by atoms with Crippen molar-refractivity contribution in [1.29, 1.82) is 0 Å². The van der Waals surface area contributed by atoms with Gasteiger partial charge in [-0.2, -0.15) is 13.2 Å². The lowest BCUT2D eigenvalue weighted by molar-refractivity contribution is -0.123. The number of rotatable bonds is 5. The highest BCUT2D eigenvalue weighted by molar-refractivity contribution is 6.04. The van der Waals surface area contributed by atoms with E-state index in [1.807, 2.05) is 0 Å². The number of alkyl halides is 3. The van der Waals surface area contributed by atoms with E-state index in [0.29, 0.717) is 25.9 Å². The molecule has 0 unspecified atom stereocenters. The third-order valence-electron chi connectivity index (χ3n) is 4.27. The molecular weight excluding hydrogens is 379 g/mol. The molecule has 10 heteroatoms. The number of hydrogen-bond acceptors (Lipinski definition) is 4. The van der Waals surface area contributed by atoms with E-state index in [2.05, 4.69) is 5.32 Å². The Morgan fingerprint density at radius 3 is 2.43 bits per heavy atom. The highest BCUT2D eigenvalue weighted by Gasteiger charge is 2.30. The maximum atomic E-state index is 12.5. The van der Waals surface area contributed by atoms with Crippen LogP contribution in [-0.2, 0) is 9.53 Å². The van der Waals surface area contributed by atoms with E-state index in [4.69, 9.17) is 4.74 Å². The van der Waals surface area contributed by atoms with Gasteiger partial charge in [-0.15, -0.1) is 0 Å². The smallest absolute Gasteiger partial charge is 0.409 e. The molecule has 0 bridgehead atoms. The van der Waals surface area contributed by atoms with Gasteiger partial charge in [-0.1, -0.05) is 12.1 Å². The van der Waals surface area contributed by atoms with Gasteiger partial charge in [0.15, 0.2) is 0 Å². The molecule has 2 rings (SSSR count). The monoisotopic (exact) mass is 401 g/mol. The fourth-order valence-corrected chi connectivity index (χ4v) is 2.84. The number of carbonyl (C=O) groups excluding carboxylic acids is 3. The maximum Gasteiger partial charge on any atom is 0.409 e. The van der Waals surface area contributed by atoms with Crippen LogP contribution in [0.3, 0.4) is 0 Å². The minimum absolute atomic E-state index is 0.0518. The minimum atomic E-state index is -4.53. The first-order valence-corrected chi connectivity index (χ1v) is 8.87. The van der Waals surface area contributed by atoms with Gasteiger partial charge < -0.3 is 20.3 Å². The second-order valence-corrected chi connectivity index (χ2v) is 6.29. The molecule has 1 saturated heterocycles. The SMILES string of the molecule is CCOC(=O)N1CCC(C(=O)Nc2ccccc2C(=O)NCC(F)(F)F)CC1. The van der Waals surface area contributed by atoms with Crippen molar-refractivity contribution in [2.24, 2.45) is 5.92 Å². The zero-order valence-electron chi connectivity index (χ0n) is 15.3. The largest absolute Gasteiger partial charge is 0.450 e. The van der Waals surface area contributed by atoms with Gasteiger partial charge in [-0.3, -0.25) is 9.59 Å². The Morgan fingerprint density at radius 2 is 1.82 bits per heavy atom. The number of piperidine rings is 1. The number of carbonyl (C=O) groups is 3. The lowest BCUT2D eigenvalue weighted by atomic mass is 9.96. The molecular formula is C18H22F3N3O4. The maximum absolute atomic E-state index is 12.5. The molecule has 7 nitrogen and oxygen atoms in total. The molecule has 0 spiro atoms. The number of amides is 3. The van der Waals surface area contributed by atoms with Crippen LogP contribution in [-0.4, -0.2) is 55.2 Å². The average Bonchev–Trinajstić information content (AvgIpc) is 2.66. The summed E-state index contributed by atoms with van der Waals surface area (Å²) in [6.45, 7) is 1.25. The third-order valence-corrected chi connectivity index (χ3v) is 4.27. The van der Waals surface area contributed by atoms with E-state index in [-0.39, 0.29) is 29.7 Å². The van der Waals surface area contributed by atoms with Crippen LogP contribution in [0.25, 0.3) is 0 Å². The third kappa shape index (κ3) is 6.14. The molecule has 1 aromatic carbocycles. The Balaban J connectivity index is 1.96. The van der Waals surface area contributed by atoms with Gasteiger partial charge in [0.2, 0.25) is 5.91 Å². The Kier molecular flexibility index (Phi) is 7.24. The van der Waals surface area contributed by atoms with E-state index >= 15 is 0 Å². The number of likely N-dealkylation sites (tertiary alicyclic amines) is 1. The molecule has 0 atom stereocenters. The summed E-state index contributed by atoms with van der Waals surface area (Å²) < 4.78 is 41.8. The van der Waals surface area contributed by atoms with Crippen LogP contribution < -0.4 is 10.6 Å². The molecule has 2 N–H and O–H groups in total. The fourth-order valence-electron chi connectivity index (χ4n) is 2.84. The van der Waals surface area contributed by atoms with E-state index < -0.39 is 24.7 Å². The van der Waals surface area contributed by atoms with Crippen molar-refractivity contribution in [3.63, 3.8) is 0 Å². The molecule has 1 aromatic rings. The number of nitrogens with one attached hydrogen (secondary N) is 2. The standard InChI is InChI=1S/C18H22F3N3O4/c1-2-28-17(27)24-9-7-12(8-10-24)15(25)23-14-6-4-3-5-13(14)16(26)22-11-18(19,20)21/h3-6,12H,2,7-11H2,1H3,(H,22,26)(H,23,25). The molecule has 154 valence electrons. The number of benzene rings is 1. The van der Waals surface area contributed by atoms with Crippen molar-refractivity contribution in [1.82, 2.24) is 10.2 Å². The number of para-hydroxylation sites is 1. The minimum Gasteiger partial charge on any atom is -0.450 e. The Morgan fingerprint density at radius 1 is 1.18 bits per heavy atom. The number of nitrogens with zero attached hydrogens (tertiary/aromatic N) is 1. The number of halogens is 3. The van der Waals surface area contributed by atoms with Crippen LogP contribution in [0.1, 0.15) is 30.1 Å². The quantitative estimate of drug-likeness (QED) is 0.794. The van der Waals surface area contributed by atoms with Crippen molar-refractivity contribution in [2.45, 2.75) is 25.9 Å². The second kappa shape index (κ2) is 9.43. The summed E-state index contributed by atoms with van der Waals surface area (Å²) in [4.78, 5) is 37.7. The summed E-state index contributed by atoms with van der Waals surface area (Å²) in [5.41, 5.74) is 0.0871. The van der Waals surface area contributed by atoms with Gasteiger partial charge in [0, 0.05) is 19.0 Å². The fraction of sp³-hybridized carbons (Fsp3) is 0.500. The van der Waals surface area contributed by atoms with Crippen LogP contribution >= 0.6 is 0 Å². The summed E-state index contributed by atoms with van der Waals surface area (Å²) in [6.07, 6.45) is -4.10. The molecule has 0 saturated carbocycles. The first-order valence-electron chi connectivity index (χ1n) is 8.87. The predicted molar refractivity (Wildman–Crippen MR) is 94.8 cm³/mol. The van der Waals surface area contributed by atoms with Crippen LogP contribution in [0.2, 0.25) is 0 Å². The van der Waals surface area contributed by atoms with E-state index in [1.165, 1.54) is 23.1 Å². The summed E-state index contributed by atoms with van der Waals surface area (Å²) in [5.74, 6) is -1.65. The van der Waals surface area contributed by atoms with Gasteiger partial charge in [0.1, 0.15) is 6.54 Å². The first kappa shape index (κ1) is 21.5. The van der Waals surface area contributed by atoms with Gasteiger partial charge in [0.25, 0.3) is 5.91 Å². The van der Waals surface area contributed by atoms with Crippen LogP contribution in [0.5, 0.6) is 0 Å². The van der Waals surface area contributed by atoms with Gasteiger partial charge in [-0.25, -0.2) is 4.79 Å².